The standard InChI is InChI=1S/C17H25N3O.2ClH/c21-17(15-8-9-18-11-15)19-16-7-4-10-20(13-16)12-14-5-2-1-3-6-14;;/h1-3,5-6,15-16,18H,4,7-13H2,(H,19,21);2*1H. The molecule has 0 spiro atoms. The molecule has 2 atom stereocenters. The molecule has 2 aliphatic heterocycles. The molecule has 2 fully saturated rings. The van der Waals surface area contributed by atoms with Gasteiger partial charge in [-0.15, -0.1) is 24.8 Å². The van der Waals surface area contributed by atoms with Crippen LogP contribution in [-0.4, -0.2) is 43.0 Å². The first kappa shape index (κ1) is 20.2. The molecule has 2 unspecified atom stereocenters. The van der Waals surface area contributed by atoms with Gasteiger partial charge in [0.05, 0.1) is 5.92 Å². The van der Waals surface area contributed by atoms with E-state index in [0.29, 0.717) is 6.04 Å². The van der Waals surface area contributed by atoms with E-state index < -0.39 is 0 Å². The fraction of sp³-hybridized carbons (Fsp3) is 0.588. The smallest absolute Gasteiger partial charge is 0.224 e. The summed E-state index contributed by atoms with van der Waals surface area (Å²) in [6, 6.07) is 10.9. The van der Waals surface area contributed by atoms with Gasteiger partial charge in [-0.3, -0.25) is 9.69 Å². The fourth-order valence-electron chi connectivity index (χ4n) is 3.36. The number of halogens is 2. The predicted octanol–water partition coefficient (Wildman–Crippen LogP) is 2.22. The van der Waals surface area contributed by atoms with Crippen molar-refractivity contribution in [3.05, 3.63) is 35.9 Å². The van der Waals surface area contributed by atoms with E-state index in [0.717, 1.165) is 45.6 Å². The van der Waals surface area contributed by atoms with Gasteiger partial charge in [-0.1, -0.05) is 30.3 Å². The molecule has 2 heterocycles. The zero-order chi connectivity index (χ0) is 14.5. The second-order valence-electron chi connectivity index (χ2n) is 6.26. The number of likely N-dealkylation sites (tertiary alicyclic amines) is 1. The first-order valence-corrected chi connectivity index (χ1v) is 8.08. The largest absolute Gasteiger partial charge is 0.352 e. The number of nitrogens with zero attached hydrogens (tertiary/aromatic N) is 1. The van der Waals surface area contributed by atoms with Crippen LogP contribution in [0.2, 0.25) is 0 Å². The van der Waals surface area contributed by atoms with Gasteiger partial charge in [-0.2, -0.15) is 0 Å². The molecule has 23 heavy (non-hydrogen) atoms. The van der Waals surface area contributed by atoms with Gasteiger partial charge < -0.3 is 10.6 Å². The predicted molar refractivity (Wildman–Crippen MR) is 98.4 cm³/mol. The van der Waals surface area contributed by atoms with Gasteiger partial charge >= 0.3 is 0 Å². The fourth-order valence-corrected chi connectivity index (χ4v) is 3.36. The highest BCUT2D eigenvalue weighted by Gasteiger charge is 2.26. The van der Waals surface area contributed by atoms with E-state index in [2.05, 4.69) is 45.9 Å². The van der Waals surface area contributed by atoms with Crippen molar-refractivity contribution in [1.82, 2.24) is 15.5 Å². The molecule has 3 rings (SSSR count). The van der Waals surface area contributed by atoms with E-state index in [4.69, 9.17) is 0 Å². The highest BCUT2D eigenvalue weighted by atomic mass is 35.5. The van der Waals surface area contributed by atoms with E-state index in [-0.39, 0.29) is 36.6 Å². The lowest BCUT2D eigenvalue weighted by atomic mass is 10.0. The normalized spacial score (nSPS) is 24.3. The summed E-state index contributed by atoms with van der Waals surface area (Å²) < 4.78 is 0. The summed E-state index contributed by atoms with van der Waals surface area (Å²) in [5.74, 6) is 0.418. The Labute approximate surface area is 151 Å². The molecule has 2 aliphatic rings. The lowest BCUT2D eigenvalue weighted by molar-refractivity contribution is -0.125. The van der Waals surface area contributed by atoms with Gasteiger partial charge in [0.1, 0.15) is 0 Å². The Hall–Kier alpha value is -0.810. The number of nitrogens with one attached hydrogen (secondary N) is 2. The molecule has 1 aromatic rings. The average Bonchev–Trinajstić information content (AvgIpc) is 3.03. The van der Waals surface area contributed by atoms with Crippen molar-refractivity contribution in [2.45, 2.75) is 31.8 Å². The average molecular weight is 360 g/mol. The lowest BCUT2D eigenvalue weighted by Gasteiger charge is -2.33. The summed E-state index contributed by atoms with van der Waals surface area (Å²) in [4.78, 5) is 14.7. The molecule has 4 nitrogen and oxygen atoms in total. The Kier molecular flexibility index (Phi) is 8.92. The van der Waals surface area contributed by atoms with Crippen LogP contribution in [0.1, 0.15) is 24.8 Å². The molecule has 0 bridgehead atoms. The van der Waals surface area contributed by atoms with E-state index in [1.165, 1.54) is 12.0 Å². The number of hydrogen-bond donors (Lipinski definition) is 2. The molecule has 2 N–H and O–H groups in total. The SMILES string of the molecule is Cl.Cl.O=C(NC1CCCN(Cc2ccccc2)C1)C1CCNC1. The first-order chi connectivity index (χ1) is 10.3. The molecule has 0 saturated carbocycles. The zero-order valence-corrected chi connectivity index (χ0v) is 15.0. The van der Waals surface area contributed by atoms with Gasteiger partial charge in [-0.25, -0.2) is 0 Å². The molecule has 2 saturated heterocycles. The van der Waals surface area contributed by atoms with E-state index in [1.807, 2.05) is 0 Å². The molecule has 0 aromatic heterocycles. The monoisotopic (exact) mass is 359 g/mol. The minimum absolute atomic E-state index is 0. The van der Waals surface area contributed by atoms with Crippen LogP contribution < -0.4 is 10.6 Å². The minimum Gasteiger partial charge on any atom is -0.352 e. The van der Waals surface area contributed by atoms with Gasteiger partial charge in [0.15, 0.2) is 0 Å². The van der Waals surface area contributed by atoms with Crippen molar-refractivity contribution in [3.63, 3.8) is 0 Å². The van der Waals surface area contributed by atoms with Crippen molar-refractivity contribution in [2.24, 2.45) is 5.92 Å². The van der Waals surface area contributed by atoms with Gasteiger partial charge in [-0.05, 0) is 37.9 Å². The Bertz CT molecular complexity index is 466. The Morgan fingerprint density at radius 3 is 2.70 bits per heavy atom. The van der Waals surface area contributed by atoms with Crippen LogP contribution in [0.15, 0.2) is 30.3 Å². The van der Waals surface area contributed by atoms with Crippen molar-refractivity contribution in [2.75, 3.05) is 26.2 Å². The maximum Gasteiger partial charge on any atom is 0.224 e. The maximum atomic E-state index is 12.2. The number of rotatable bonds is 4. The molecule has 0 aliphatic carbocycles. The number of piperidine rings is 1. The molecule has 1 aromatic carbocycles. The zero-order valence-electron chi connectivity index (χ0n) is 13.4. The van der Waals surface area contributed by atoms with Crippen LogP contribution in [0.25, 0.3) is 0 Å². The second kappa shape index (κ2) is 10.1. The molecule has 130 valence electrons. The summed E-state index contributed by atoms with van der Waals surface area (Å²) in [6.45, 7) is 4.90. The highest BCUT2D eigenvalue weighted by Crippen LogP contribution is 2.15. The third-order valence-corrected chi connectivity index (χ3v) is 4.53. The van der Waals surface area contributed by atoms with Crippen LogP contribution in [0.3, 0.4) is 0 Å². The Morgan fingerprint density at radius 1 is 1.22 bits per heavy atom. The van der Waals surface area contributed by atoms with Crippen LogP contribution in [0.5, 0.6) is 0 Å². The minimum atomic E-state index is 0. The van der Waals surface area contributed by atoms with E-state index >= 15 is 0 Å². The number of carbonyl (C=O) groups is 1. The summed E-state index contributed by atoms with van der Waals surface area (Å²) in [5.41, 5.74) is 1.35. The second-order valence-corrected chi connectivity index (χ2v) is 6.26. The van der Waals surface area contributed by atoms with Crippen molar-refractivity contribution in [1.29, 1.82) is 0 Å². The Balaban J connectivity index is 0.00000132. The molecule has 0 radical (unpaired) electrons. The summed E-state index contributed by atoms with van der Waals surface area (Å²) in [5, 5.41) is 6.52. The van der Waals surface area contributed by atoms with Crippen molar-refractivity contribution >= 4 is 30.7 Å². The van der Waals surface area contributed by atoms with E-state index in [1.54, 1.807) is 0 Å². The number of hydrogen-bond acceptors (Lipinski definition) is 3. The molecular weight excluding hydrogens is 333 g/mol. The van der Waals surface area contributed by atoms with Crippen LogP contribution >= 0.6 is 24.8 Å². The Morgan fingerprint density at radius 2 is 2.00 bits per heavy atom. The maximum absolute atomic E-state index is 12.2. The van der Waals surface area contributed by atoms with Gasteiger partial charge in [0, 0.05) is 25.7 Å². The third-order valence-electron chi connectivity index (χ3n) is 4.53. The molecule has 1 amide bonds. The van der Waals surface area contributed by atoms with Crippen LogP contribution in [0, 0.1) is 5.92 Å². The highest BCUT2D eigenvalue weighted by molar-refractivity contribution is 5.85. The topological polar surface area (TPSA) is 44.4 Å². The molecular formula is C17H27Cl2N3O. The summed E-state index contributed by atoms with van der Waals surface area (Å²) in [7, 11) is 0. The lowest BCUT2D eigenvalue weighted by Crippen LogP contribution is -2.49. The van der Waals surface area contributed by atoms with Crippen molar-refractivity contribution < 1.29 is 4.79 Å². The van der Waals surface area contributed by atoms with Crippen LogP contribution in [0.4, 0.5) is 0 Å². The number of amides is 1. The third kappa shape index (κ3) is 5.96. The van der Waals surface area contributed by atoms with Crippen LogP contribution in [-0.2, 0) is 11.3 Å². The first-order valence-electron chi connectivity index (χ1n) is 8.08. The molecule has 6 heteroatoms. The quantitative estimate of drug-likeness (QED) is 0.866. The number of carbonyl (C=O) groups excluding carboxylic acids is 1. The summed E-state index contributed by atoms with van der Waals surface area (Å²) >= 11 is 0. The van der Waals surface area contributed by atoms with E-state index in [9.17, 15) is 4.79 Å². The summed E-state index contributed by atoms with van der Waals surface area (Å²) in [6.07, 6.45) is 3.25. The van der Waals surface area contributed by atoms with Gasteiger partial charge in [0.2, 0.25) is 5.91 Å². The number of benzene rings is 1. The van der Waals surface area contributed by atoms with Crippen molar-refractivity contribution in [3.8, 4) is 0 Å². The van der Waals surface area contributed by atoms with Gasteiger partial charge in [0.25, 0.3) is 0 Å².